The van der Waals surface area contributed by atoms with Crippen LogP contribution in [0.4, 0.5) is 24.5 Å². The van der Waals surface area contributed by atoms with E-state index in [-0.39, 0.29) is 23.0 Å². The third-order valence-electron chi connectivity index (χ3n) is 2.96. The number of non-ortho nitro benzene ring substituents is 1. The summed E-state index contributed by atoms with van der Waals surface area (Å²) in [5.41, 5.74) is -0.332. The molecule has 1 aliphatic rings. The zero-order chi connectivity index (χ0) is 14.9. The first-order valence-electron chi connectivity index (χ1n) is 5.84. The largest absolute Gasteiger partial charge is 0.405 e. The van der Waals surface area contributed by atoms with Gasteiger partial charge in [-0.05, 0) is 18.9 Å². The van der Waals surface area contributed by atoms with E-state index >= 15 is 0 Å². The van der Waals surface area contributed by atoms with E-state index in [1.54, 1.807) is 6.07 Å². The van der Waals surface area contributed by atoms with Crippen molar-refractivity contribution >= 4 is 11.4 Å². The average molecular weight is 285 g/mol. The van der Waals surface area contributed by atoms with Gasteiger partial charge >= 0.3 is 6.18 Å². The first-order chi connectivity index (χ1) is 9.31. The zero-order valence-electron chi connectivity index (χ0n) is 10.2. The van der Waals surface area contributed by atoms with Crippen LogP contribution in [-0.2, 0) is 0 Å². The van der Waals surface area contributed by atoms with Crippen molar-refractivity contribution in [2.45, 2.75) is 25.1 Å². The molecule has 2 rings (SSSR count). The van der Waals surface area contributed by atoms with Gasteiger partial charge < -0.3 is 4.90 Å². The number of alkyl halides is 3. The fourth-order valence-corrected chi connectivity index (χ4v) is 1.97. The van der Waals surface area contributed by atoms with E-state index in [4.69, 9.17) is 5.26 Å². The molecular weight excluding hydrogens is 275 g/mol. The highest BCUT2D eigenvalue weighted by atomic mass is 19.4. The Hall–Kier alpha value is -2.30. The Morgan fingerprint density at radius 1 is 1.45 bits per heavy atom. The van der Waals surface area contributed by atoms with Crippen LogP contribution in [-0.4, -0.2) is 23.7 Å². The third kappa shape index (κ3) is 3.17. The van der Waals surface area contributed by atoms with Crippen LogP contribution < -0.4 is 4.90 Å². The van der Waals surface area contributed by atoms with Gasteiger partial charge in [-0.1, -0.05) is 0 Å². The van der Waals surface area contributed by atoms with Crippen LogP contribution in [0.25, 0.3) is 0 Å². The van der Waals surface area contributed by atoms with Crippen molar-refractivity contribution in [3.8, 4) is 6.07 Å². The molecule has 0 unspecified atom stereocenters. The molecule has 0 aromatic heterocycles. The van der Waals surface area contributed by atoms with Crippen LogP contribution in [0.1, 0.15) is 18.4 Å². The molecule has 0 spiro atoms. The Kier molecular flexibility index (Phi) is 3.53. The maximum Gasteiger partial charge on any atom is 0.405 e. The summed E-state index contributed by atoms with van der Waals surface area (Å²) in [5, 5.41) is 19.6. The number of hydrogen-bond acceptors (Lipinski definition) is 4. The lowest BCUT2D eigenvalue weighted by molar-refractivity contribution is -0.384. The molecule has 0 heterocycles. The number of hydrogen-bond donors (Lipinski definition) is 0. The Morgan fingerprint density at radius 2 is 2.10 bits per heavy atom. The minimum Gasteiger partial charge on any atom is -0.358 e. The van der Waals surface area contributed by atoms with Gasteiger partial charge in [-0.2, -0.15) is 18.4 Å². The van der Waals surface area contributed by atoms with Crippen LogP contribution in [0.5, 0.6) is 0 Å². The zero-order valence-corrected chi connectivity index (χ0v) is 10.2. The summed E-state index contributed by atoms with van der Waals surface area (Å²) in [6, 6.07) is 4.79. The molecule has 8 heteroatoms. The molecule has 0 amide bonds. The highest BCUT2D eigenvalue weighted by Crippen LogP contribution is 2.36. The molecule has 1 fully saturated rings. The van der Waals surface area contributed by atoms with Crippen molar-refractivity contribution in [2.75, 3.05) is 11.4 Å². The van der Waals surface area contributed by atoms with Crippen LogP contribution in [0.3, 0.4) is 0 Å². The minimum absolute atomic E-state index is 0.0953. The Balaban J connectivity index is 2.38. The fourth-order valence-electron chi connectivity index (χ4n) is 1.97. The van der Waals surface area contributed by atoms with Gasteiger partial charge in [-0.3, -0.25) is 10.1 Å². The van der Waals surface area contributed by atoms with Gasteiger partial charge in [-0.15, -0.1) is 0 Å². The van der Waals surface area contributed by atoms with Gasteiger partial charge in [0.1, 0.15) is 12.6 Å². The quantitative estimate of drug-likeness (QED) is 0.630. The van der Waals surface area contributed by atoms with E-state index in [9.17, 15) is 23.3 Å². The van der Waals surface area contributed by atoms with Gasteiger partial charge in [-0.25, -0.2) is 0 Å². The topological polar surface area (TPSA) is 70.2 Å². The van der Waals surface area contributed by atoms with E-state index in [0.717, 1.165) is 17.0 Å². The van der Waals surface area contributed by atoms with Crippen molar-refractivity contribution in [1.29, 1.82) is 5.26 Å². The summed E-state index contributed by atoms with van der Waals surface area (Å²) >= 11 is 0. The summed E-state index contributed by atoms with van der Waals surface area (Å²) in [6.07, 6.45) is -3.15. The highest BCUT2D eigenvalue weighted by molar-refractivity contribution is 5.64. The Labute approximate surface area is 112 Å². The van der Waals surface area contributed by atoms with Gasteiger partial charge in [0.25, 0.3) is 5.69 Å². The van der Waals surface area contributed by atoms with E-state index < -0.39 is 17.6 Å². The molecule has 1 saturated carbocycles. The lowest BCUT2D eigenvalue weighted by atomic mass is 10.1. The van der Waals surface area contributed by atoms with Crippen molar-refractivity contribution in [2.24, 2.45) is 0 Å². The van der Waals surface area contributed by atoms with Gasteiger partial charge in [0.2, 0.25) is 0 Å². The first-order valence-corrected chi connectivity index (χ1v) is 5.84. The molecule has 0 radical (unpaired) electrons. The van der Waals surface area contributed by atoms with Crippen molar-refractivity contribution in [3.63, 3.8) is 0 Å². The van der Waals surface area contributed by atoms with E-state index in [1.165, 1.54) is 6.07 Å². The highest BCUT2D eigenvalue weighted by Gasteiger charge is 2.39. The van der Waals surface area contributed by atoms with Crippen LogP contribution >= 0.6 is 0 Å². The molecule has 0 saturated heterocycles. The smallest absolute Gasteiger partial charge is 0.358 e. The van der Waals surface area contributed by atoms with E-state index in [0.29, 0.717) is 12.8 Å². The monoisotopic (exact) mass is 285 g/mol. The molecule has 1 aromatic carbocycles. The number of benzene rings is 1. The summed E-state index contributed by atoms with van der Waals surface area (Å²) in [4.78, 5) is 11.0. The molecule has 106 valence electrons. The molecule has 20 heavy (non-hydrogen) atoms. The summed E-state index contributed by atoms with van der Waals surface area (Å²) < 4.78 is 37.8. The molecule has 0 aliphatic heterocycles. The first kappa shape index (κ1) is 14.1. The third-order valence-corrected chi connectivity index (χ3v) is 2.96. The Morgan fingerprint density at radius 3 is 2.55 bits per heavy atom. The van der Waals surface area contributed by atoms with Crippen LogP contribution in [0.2, 0.25) is 0 Å². The van der Waals surface area contributed by atoms with Gasteiger partial charge in [0.15, 0.2) is 0 Å². The number of nitrogens with zero attached hydrogens (tertiary/aromatic N) is 3. The second kappa shape index (κ2) is 5.00. The predicted octanol–water partition coefficient (Wildman–Crippen LogP) is 3.00. The number of halogens is 3. The lowest BCUT2D eigenvalue weighted by Crippen LogP contribution is -2.36. The number of rotatable bonds is 4. The van der Waals surface area contributed by atoms with E-state index in [2.05, 4.69) is 0 Å². The number of anilines is 1. The lowest BCUT2D eigenvalue weighted by Gasteiger charge is -2.26. The van der Waals surface area contributed by atoms with Crippen LogP contribution in [0.15, 0.2) is 18.2 Å². The fraction of sp³-hybridized carbons (Fsp3) is 0.417. The molecular formula is C12H10F3N3O2. The summed E-state index contributed by atoms with van der Waals surface area (Å²) in [7, 11) is 0. The normalized spacial score (nSPS) is 14.7. The number of nitriles is 1. The van der Waals surface area contributed by atoms with Crippen molar-refractivity contribution in [1.82, 2.24) is 0 Å². The summed E-state index contributed by atoms with van der Waals surface area (Å²) in [6.45, 7) is -1.16. The van der Waals surface area contributed by atoms with Crippen molar-refractivity contribution in [3.05, 3.63) is 33.9 Å². The maximum atomic E-state index is 12.6. The minimum atomic E-state index is -4.39. The van der Waals surface area contributed by atoms with Crippen molar-refractivity contribution < 1.29 is 18.1 Å². The average Bonchev–Trinajstić information content (AvgIpc) is 3.18. The van der Waals surface area contributed by atoms with E-state index in [1.807, 2.05) is 0 Å². The van der Waals surface area contributed by atoms with Gasteiger partial charge in [0, 0.05) is 18.2 Å². The molecule has 0 bridgehead atoms. The molecule has 1 aromatic rings. The maximum absolute atomic E-state index is 12.6. The SMILES string of the molecule is N#Cc1cc([N+](=O)[O-])ccc1N(CC(F)(F)F)C1CC1. The summed E-state index contributed by atoms with van der Waals surface area (Å²) in [5.74, 6) is 0. The number of nitro benzene ring substituents is 1. The second-order valence-corrected chi connectivity index (χ2v) is 4.54. The molecule has 5 nitrogen and oxygen atoms in total. The Bertz CT molecular complexity index is 576. The number of nitro groups is 1. The molecule has 0 atom stereocenters. The standard InChI is InChI=1S/C12H10F3N3O2/c13-12(14,15)7-17(9-1-2-9)11-4-3-10(18(19)20)5-8(11)6-16/h3-5,9H,1-2,7H2. The molecule has 1 aliphatic carbocycles. The van der Waals surface area contributed by atoms with Crippen LogP contribution in [0, 0.1) is 21.4 Å². The second-order valence-electron chi connectivity index (χ2n) is 4.54. The van der Waals surface area contributed by atoms with Gasteiger partial charge in [0.05, 0.1) is 16.2 Å². The predicted molar refractivity (Wildman–Crippen MR) is 64.2 cm³/mol. The molecule has 0 N–H and O–H groups in total.